The highest BCUT2D eigenvalue weighted by Gasteiger charge is 2.03. The average molecular weight is 203 g/mol. The molecule has 5 heteroatoms. The molecule has 1 aromatic carbocycles. The van der Waals surface area contributed by atoms with E-state index in [2.05, 4.69) is 5.32 Å². The van der Waals surface area contributed by atoms with E-state index in [9.17, 15) is 8.78 Å². The Morgan fingerprint density at radius 2 is 1.79 bits per heavy atom. The fourth-order valence-electron chi connectivity index (χ4n) is 0.956. The second kappa shape index (κ2) is 4.88. The third kappa shape index (κ3) is 3.27. The quantitative estimate of drug-likeness (QED) is 0.676. The molecular weight excluding hydrogens is 192 g/mol. The van der Waals surface area contributed by atoms with Crippen LogP contribution in [0.4, 0.5) is 14.5 Å². The molecule has 0 aliphatic heterocycles. The molecule has 0 aliphatic rings. The van der Waals surface area contributed by atoms with Crippen molar-refractivity contribution in [2.24, 2.45) is 0 Å². The predicted molar refractivity (Wildman–Crippen MR) is 47.9 cm³/mol. The van der Waals surface area contributed by atoms with Gasteiger partial charge in [-0.25, -0.2) is 8.78 Å². The number of aliphatic hydroxyl groups excluding tert-OH is 2. The van der Waals surface area contributed by atoms with Crippen LogP contribution in [0.2, 0.25) is 0 Å². The minimum Gasteiger partial charge on any atom is -0.394 e. The van der Waals surface area contributed by atoms with Crippen LogP contribution in [0.15, 0.2) is 18.2 Å². The first-order valence-electron chi connectivity index (χ1n) is 4.10. The molecule has 1 aromatic rings. The standard InChI is InChI=1S/C9H11F2NO2/c10-6-1-7(11)3-8(2-6)12-4-9(14)5-13/h1-3,9,12-14H,4-5H2/t9-/m0/s1. The second-order valence-electron chi connectivity index (χ2n) is 2.88. The Labute approximate surface area is 80.0 Å². The zero-order valence-electron chi connectivity index (χ0n) is 7.37. The summed E-state index contributed by atoms with van der Waals surface area (Å²) >= 11 is 0. The van der Waals surface area contributed by atoms with E-state index in [1.54, 1.807) is 0 Å². The van der Waals surface area contributed by atoms with E-state index in [-0.39, 0.29) is 12.2 Å². The van der Waals surface area contributed by atoms with Crippen LogP contribution >= 0.6 is 0 Å². The van der Waals surface area contributed by atoms with Crippen molar-refractivity contribution in [2.45, 2.75) is 6.10 Å². The molecule has 78 valence electrons. The molecule has 3 N–H and O–H groups in total. The molecule has 0 saturated heterocycles. The fraction of sp³-hybridized carbons (Fsp3) is 0.333. The van der Waals surface area contributed by atoms with Crippen LogP contribution in [-0.4, -0.2) is 29.5 Å². The molecule has 0 radical (unpaired) electrons. The lowest BCUT2D eigenvalue weighted by molar-refractivity contribution is 0.105. The lowest BCUT2D eigenvalue weighted by Gasteiger charge is -2.10. The highest BCUT2D eigenvalue weighted by molar-refractivity contribution is 5.43. The third-order valence-electron chi connectivity index (χ3n) is 1.62. The average Bonchev–Trinajstić information content (AvgIpc) is 2.12. The van der Waals surface area contributed by atoms with Gasteiger partial charge in [-0.1, -0.05) is 0 Å². The molecule has 3 nitrogen and oxygen atoms in total. The smallest absolute Gasteiger partial charge is 0.128 e. The van der Waals surface area contributed by atoms with E-state index in [0.717, 1.165) is 18.2 Å². The van der Waals surface area contributed by atoms with Gasteiger partial charge in [0.1, 0.15) is 11.6 Å². The normalized spacial score (nSPS) is 12.6. The summed E-state index contributed by atoms with van der Waals surface area (Å²) in [5, 5.41) is 20.0. The van der Waals surface area contributed by atoms with Gasteiger partial charge in [0, 0.05) is 18.3 Å². The van der Waals surface area contributed by atoms with Gasteiger partial charge < -0.3 is 15.5 Å². The Bertz CT molecular complexity index is 287. The Morgan fingerprint density at radius 1 is 1.21 bits per heavy atom. The topological polar surface area (TPSA) is 52.5 Å². The van der Waals surface area contributed by atoms with Gasteiger partial charge in [-0.15, -0.1) is 0 Å². The van der Waals surface area contributed by atoms with Crippen LogP contribution < -0.4 is 5.32 Å². The number of rotatable bonds is 4. The van der Waals surface area contributed by atoms with Gasteiger partial charge in [0.05, 0.1) is 12.7 Å². The summed E-state index contributed by atoms with van der Waals surface area (Å²) in [6.07, 6.45) is -0.943. The van der Waals surface area contributed by atoms with Crippen LogP contribution in [-0.2, 0) is 0 Å². The second-order valence-corrected chi connectivity index (χ2v) is 2.88. The molecule has 0 unspecified atom stereocenters. The molecule has 14 heavy (non-hydrogen) atoms. The number of nitrogens with one attached hydrogen (secondary N) is 1. The van der Waals surface area contributed by atoms with Gasteiger partial charge in [-0.05, 0) is 12.1 Å². The van der Waals surface area contributed by atoms with Gasteiger partial charge in [-0.2, -0.15) is 0 Å². The minimum absolute atomic E-state index is 0.0411. The minimum atomic E-state index is -0.943. The number of anilines is 1. The van der Waals surface area contributed by atoms with Crippen LogP contribution in [0.3, 0.4) is 0 Å². The molecular formula is C9H11F2NO2. The van der Waals surface area contributed by atoms with Gasteiger partial charge in [0.25, 0.3) is 0 Å². The molecule has 1 atom stereocenters. The van der Waals surface area contributed by atoms with Gasteiger partial charge in [-0.3, -0.25) is 0 Å². The van der Waals surface area contributed by atoms with Crippen molar-refractivity contribution in [1.82, 2.24) is 0 Å². The highest BCUT2D eigenvalue weighted by Crippen LogP contribution is 2.12. The molecule has 0 aromatic heterocycles. The summed E-state index contributed by atoms with van der Waals surface area (Å²) in [4.78, 5) is 0. The molecule has 0 fully saturated rings. The zero-order chi connectivity index (χ0) is 10.6. The molecule has 0 saturated carbocycles. The van der Waals surface area contributed by atoms with Gasteiger partial charge >= 0.3 is 0 Å². The lowest BCUT2D eigenvalue weighted by Crippen LogP contribution is -2.22. The van der Waals surface area contributed by atoms with Crippen LogP contribution in [0.25, 0.3) is 0 Å². The van der Waals surface area contributed by atoms with Crippen molar-refractivity contribution in [3.8, 4) is 0 Å². The Kier molecular flexibility index (Phi) is 3.79. The SMILES string of the molecule is OC[C@@H](O)CNc1cc(F)cc(F)c1. The van der Waals surface area contributed by atoms with E-state index >= 15 is 0 Å². The van der Waals surface area contributed by atoms with Crippen molar-refractivity contribution in [1.29, 1.82) is 0 Å². The van der Waals surface area contributed by atoms with E-state index in [1.807, 2.05) is 0 Å². The zero-order valence-corrected chi connectivity index (χ0v) is 7.37. The highest BCUT2D eigenvalue weighted by atomic mass is 19.1. The predicted octanol–water partition coefficient (Wildman–Crippen LogP) is 0.730. The van der Waals surface area contributed by atoms with Crippen LogP contribution in [0.5, 0.6) is 0 Å². The fourth-order valence-corrected chi connectivity index (χ4v) is 0.956. The number of halogens is 2. The van der Waals surface area contributed by atoms with Crippen LogP contribution in [0.1, 0.15) is 0 Å². The van der Waals surface area contributed by atoms with Gasteiger partial charge in [0.15, 0.2) is 0 Å². The molecule has 0 heterocycles. The molecule has 0 bridgehead atoms. The number of hydrogen-bond donors (Lipinski definition) is 3. The van der Waals surface area contributed by atoms with Crippen LogP contribution in [0, 0.1) is 11.6 Å². The Balaban J connectivity index is 2.58. The maximum atomic E-state index is 12.6. The maximum absolute atomic E-state index is 12.6. The van der Waals surface area contributed by atoms with Crippen molar-refractivity contribution in [3.05, 3.63) is 29.8 Å². The number of aliphatic hydroxyl groups is 2. The van der Waals surface area contributed by atoms with Crippen molar-refractivity contribution >= 4 is 5.69 Å². The third-order valence-corrected chi connectivity index (χ3v) is 1.62. The maximum Gasteiger partial charge on any atom is 0.128 e. The summed E-state index contributed by atoms with van der Waals surface area (Å²) in [7, 11) is 0. The van der Waals surface area contributed by atoms with E-state index in [0.29, 0.717) is 0 Å². The molecule has 0 amide bonds. The summed E-state index contributed by atoms with van der Waals surface area (Å²) in [5.74, 6) is -1.38. The summed E-state index contributed by atoms with van der Waals surface area (Å²) in [6.45, 7) is -0.357. The van der Waals surface area contributed by atoms with Crippen molar-refractivity contribution in [2.75, 3.05) is 18.5 Å². The Hall–Kier alpha value is -1.20. The number of benzene rings is 1. The molecule has 0 spiro atoms. The monoisotopic (exact) mass is 203 g/mol. The van der Waals surface area contributed by atoms with Crippen molar-refractivity contribution in [3.63, 3.8) is 0 Å². The van der Waals surface area contributed by atoms with Gasteiger partial charge in [0.2, 0.25) is 0 Å². The van der Waals surface area contributed by atoms with E-state index in [4.69, 9.17) is 10.2 Å². The molecule has 0 aliphatic carbocycles. The van der Waals surface area contributed by atoms with E-state index < -0.39 is 24.3 Å². The number of hydrogen-bond acceptors (Lipinski definition) is 3. The van der Waals surface area contributed by atoms with Crippen molar-refractivity contribution < 1.29 is 19.0 Å². The molecule has 1 rings (SSSR count). The lowest BCUT2D eigenvalue weighted by atomic mass is 10.3. The Morgan fingerprint density at radius 3 is 2.29 bits per heavy atom. The summed E-state index contributed by atoms with van der Waals surface area (Å²) in [5.41, 5.74) is 0.231. The summed E-state index contributed by atoms with van der Waals surface area (Å²) in [6, 6.07) is 2.97. The first-order valence-corrected chi connectivity index (χ1v) is 4.10. The largest absolute Gasteiger partial charge is 0.394 e. The first-order chi connectivity index (χ1) is 6.61. The first kappa shape index (κ1) is 10.9. The summed E-state index contributed by atoms with van der Waals surface area (Å²) < 4.78 is 25.3. The van der Waals surface area contributed by atoms with E-state index in [1.165, 1.54) is 0 Å².